The van der Waals surface area contributed by atoms with Crippen molar-refractivity contribution in [1.29, 1.82) is 0 Å². The number of fused-ring (bicyclic) bond motifs is 1. The summed E-state index contributed by atoms with van der Waals surface area (Å²) in [7, 11) is 0. The molecule has 0 aromatic heterocycles. The summed E-state index contributed by atoms with van der Waals surface area (Å²) < 4.78 is 0. The largest absolute Gasteiger partial charge is 0.481 e. The molecule has 1 unspecified atom stereocenters. The van der Waals surface area contributed by atoms with Crippen LogP contribution in [0.5, 0.6) is 0 Å². The predicted octanol–water partition coefficient (Wildman–Crippen LogP) is 4.32. The Balaban J connectivity index is 2.23. The van der Waals surface area contributed by atoms with Crippen LogP contribution in [0.1, 0.15) is 63.0 Å². The van der Waals surface area contributed by atoms with E-state index in [-0.39, 0.29) is 0 Å². The number of carboxylic acid groups (broad SMARTS) is 1. The summed E-state index contributed by atoms with van der Waals surface area (Å²) in [6.45, 7) is 2.18. The first-order valence-corrected chi connectivity index (χ1v) is 7.52. The van der Waals surface area contributed by atoms with Crippen molar-refractivity contribution in [2.24, 2.45) is 0 Å². The van der Waals surface area contributed by atoms with Gasteiger partial charge in [-0.1, -0.05) is 56.9 Å². The average molecular weight is 260 g/mol. The highest BCUT2D eigenvalue weighted by molar-refractivity contribution is 5.82. The SMILES string of the molecule is CCCCCCC1(C(=O)O)CCCc2ccccc21. The summed E-state index contributed by atoms with van der Waals surface area (Å²) >= 11 is 0. The van der Waals surface area contributed by atoms with Crippen LogP contribution < -0.4 is 0 Å². The third-order valence-corrected chi connectivity index (χ3v) is 4.45. The van der Waals surface area contributed by atoms with E-state index in [2.05, 4.69) is 13.0 Å². The number of benzene rings is 1. The normalized spacial score (nSPS) is 21.9. The number of unbranched alkanes of at least 4 members (excludes halogenated alkanes) is 3. The van der Waals surface area contributed by atoms with E-state index in [1.54, 1.807) is 0 Å². The van der Waals surface area contributed by atoms with E-state index in [1.807, 2.05) is 18.2 Å². The van der Waals surface area contributed by atoms with Gasteiger partial charge in [-0.05, 0) is 36.8 Å². The Hall–Kier alpha value is -1.31. The molecule has 0 bridgehead atoms. The molecule has 1 aromatic carbocycles. The molecule has 0 fully saturated rings. The first kappa shape index (κ1) is 14.1. The summed E-state index contributed by atoms with van der Waals surface area (Å²) in [5, 5.41) is 9.79. The van der Waals surface area contributed by atoms with Crippen LogP contribution in [-0.2, 0) is 16.6 Å². The van der Waals surface area contributed by atoms with E-state index in [4.69, 9.17) is 0 Å². The molecule has 2 nitrogen and oxygen atoms in total. The third-order valence-electron chi connectivity index (χ3n) is 4.45. The van der Waals surface area contributed by atoms with Crippen molar-refractivity contribution >= 4 is 5.97 Å². The van der Waals surface area contributed by atoms with E-state index in [0.717, 1.165) is 44.1 Å². The lowest BCUT2D eigenvalue weighted by atomic mass is 9.67. The quantitative estimate of drug-likeness (QED) is 0.774. The molecule has 0 radical (unpaired) electrons. The fraction of sp³-hybridized carbons (Fsp3) is 0.588. The number of aliphatic carboxylic acids is 1. The first-order chi connectivity index (χ1) is 9.20. The lowest BCUT2D eigenvalue weighted by Gasteiger charge is -2.35. The standard InChI is InChI=1S/C17H24O2/c1-2-3-4-7-12-17(16(18)19)13-8-10-14-9-5-6-11-15(14)17/h5-6,9,11H,2-4,7-8,10,12-13H2,1H3,(H,18,19). The minimum Gasteiger partial charge on any atom is -0.481 e. The van der Waals surface area contributed by atoms with Gasteiger partial charge in [-0.15, -0.1) is 0 Å². The molecule has 1 atom stereocenters. The molecule has 2 rings (SSSR count). The maximum Gasteiger partial charge on any atom is 0.314 e. The Bertz CT molecular complexity index is 439. The minimum absolute atomic E-state index is 0.622. The van der Waals surface area contributed by atoms with Crippen LogP contribution in [0.25, 0.3) is 0 Å². The van der Waals surface area contributed by atoms with Gasteiger partial charge in [-0.3, -0.25) is 4.79 Å². The molecular weight excluding hydrogens is 236 g/mol. The Morgan fingerprint density at radius 1 is 1.26 bits per heavy atom. The number of carbonyl (C=O) groups is 1. The van der Waals surface area contributed by atoms with Crippen molar-refractivity contribution in [3.05, 3.63) is 35.4 Å². The van der Waals surface area contributed by atoms with Crippen molar-refractivity contribution in [3.8, 4) is 0 Å². The smallest absolute Gasteiger partial charge is 0.314 e. The predicted molar refractivity (Wildman–Crippen MR) is 77.5 cm³/mol. The molecule has 104 valence electrons. The Morgan fingerprint density at radius 2 is 2.05 bits per heavy atom. The molecule has 0 heterocycles. The Labute approximate surface area is 115 Å². The van der Waals surface area contributed by atoms with Gasteiger partial charge in [0.15, 0.2) is 0 Å². The number of hydrogen-bond donors (Lipinski definition) is 1. The van der Waals surface area contributed by atoms with Crippen molar-refractivity contribution in [1.82, 2.24) is 0 Å². The fourth-order valence-electron chi connectivity index (χ4n) is 3.36. The Morgan fingerprint density at radius 3 is 2.79 bits per heavy atom. The zero-order valence-electron chi connectivity index (χ0n) is 11.8. The molecule has 1 aliphatic rings. The lowest BCUT2D eigenvalue weighted by molar-refractivity contribution is -0.145. The van der Waals surface area contributed by atoms with Gasteiger partial charge in [0.25, 0.3) is 0 Å². The highest BCUT2D eigenvalue weighted by atomic mass is 16.4. The van der Waals surface area contributed by atoms with Crippen molar-refractivity contribution in [2.75, 3.05) is 0 Å². The van der Waals surface area contributed by atoms with Gasteiger partial charge in [0.05, 0.1) is 5.41 Å². The van der Waals surface area contributed by atoms with E-state index in [9.17, 15) is 9.90 Å². The van der Waals surface area contributed by atoms with Crippen LogP contribution in [-0.4, -0.2) is 11.1 Å². The molecule has 0 spiro atoms. The average Bonchev–Trinajstić information content (AvgIpc) is 2.43. The molecule has 0 saturated heterocycles. The molecule has 0 amide bonds. The van der Waals surface area contributed by atoms with Crippen LogP contribution in [0.2, 0.25) is 0 Å². The first-order valence-electron chi connectivity index (χ1n) is 7.52. The molecular formula is C17H24O2. The van der Waals surface area contributed by atoms with Gasteiger partial charge in [-0.25, -0.2) is 0 Å². The molecule has 1 N–H and O–H groups in total. The maximum absolute atomic E-state index is 11.9. The molecule has 1 aliphatic carbocycles. The van der Waals surface area contributed by atoms with Crippen molar-refractivity contribution in [2.45, 2.75) is 63.7 Å². The number of carboxylic acids is 1. The highest BCUT2D eigenvalue weighted by Gasteiger charge is 2.42. The van der Waals surface area contributed by atoms with E-state index < -0.39 is 11.4 Å². The second-order valence-electron chi connectivity index (χ2n) is 5.71. The number of hydrogen-bond acceptors (Lipinski definition) is 1. The third kappa shape index (κ3) is 2.83. The van der Waals surface area contributed by atoms with Crippen LogP contribution in [0.3, 0.4) is 0 Å². The Kier molecular flexibility index (Phi) is 4.62. The molecule has 1 aromatic rings. The topological polar surface area (TPSA) is 37.3 Å². The van der Waals surface area contributed by atoms with Crippen molar-refractivity contribution < 1.29 is 9.90 Å². The van der Waals surface area contributed by atoms with Gasteiger partial charge >= 0.3 is 5.97 Å². The summed E-state index contributed by atoms with van der Waals surface area (Å²) in [6.07, 6.45) is 8.18. The summed E-state index contributed by atoms with van der Waals surface area (Å²) in [5.74, 6) is -0.629. The molecule has 2 heteroatoms. The van der Waals surface area contributed by atoms with Gasteiger partial charge in [0.2, 0.25) is 0 Å². The minimum atomic E-state index is -0.629. The highest BCUT2D eigenvalue weighted by Crippen LogP contribution is 2.41. The van der Waals surface area contributed by atoms with E-state index in [0.29, 0.717) is 0 Å². The summed E-state index contributed by atoms with van der Waals surface area (Å²) in [5.41, 5.74) is 1.69. The maximum atomic E-state index is 11.9. The van der Waals surface area contributed by atoms with Crippen LogP contribution in [0.15, 0.2) is 24.3 Å². The summed E-state index contributed by atoms with van der Waals surface area (Å²) in [4.78, 5) is 11.9. The fourth-order valence-corrected chi connectivity index (χ4v) is 3.36. The van der Waals surface area contributed by atoms with E-state index >= 15 is 0 Å². The molecule has 19 heavy (non-hydrogen) atoms. The van der Waals surface area contributed by atoms with Crippen LogP contribution in [0.4, 0.5) is 0 Å². The van der Waals surface area contributed by atoms with Crippen molar-refractivity contribution in [3.63, 3.8) is 0 Å². The second kappa shape index (κ2) is 6.23. The summed E-state index contributed by atoms with van der Waals surface area (Å²) in [6, 6.07) is 8.13. The van der Waals surface area contributed by atoms with Gasteiger partial charge in [0.1, 0.15) is 0 Å². The molecule has 0 saturated carbocycles. The zero-order chi connectivity index (χ0) is 13.7. The molecule has 0 aliphatic heterocycles. The van der Waals surface area contributed by atoms with Gasteiger partial charge in [0, 0.05) is 0 Å². The van der Waals surface area contributed by atoms with Gasteiger partial charge in [-0.2, -0.15) is 0 Å². The van der Waals surface area contributed by atoms with Gasteiger partial charge < -0.3 is 5.11 Å². The zero-order valence-corrected chi connectivity index (χ0v) is 11.8. The number of aryl methyl sites for hydroxylation is 1. The van der Waals surface area contributed by atoms with Crippen LogP contribution in [0, 0.1) is 0 Å². The van der Waals surface area contributed by atoms with Crippen LogP contribution >= 0.6 is 0 Å². The lowest BCUT2D eigenvalue weighted by Crippen LogP contribution is -2.39. The number of rotatable bonds is 6. The van der Waals surface area contributed by atoms with E-state index in [1.165, 1.54) is 18.4 Å². The monoisotopic (exact) mass is 260 g/mol. The second-order valence-corrected chi connectivity index (χ2v) is 5.71.